The molecule has 1 saturated heterocycles. The Labute approximate surface area is 152 Å². The third-order valence-electron chi connectivity index (χ3n) is 4.57. The molecular formula is C20H22N2O4. The Bertz CT molecular complexity index is 770. The summed E-state index contributed by atoms with van der Waals surface area (Å²) in [5.74, 6) is 1.40. The normalized spacial score (nSPS) is 16.2. The van der Waals surface area contributed by atoms with Gasteiger partial charge in [0.15, 0.2) is 11.5 Å². The number of carbonyl (C=O) groups excluding carboxylic acids is 1. The highest BCUT2D eigenvalue weighted by Crippen LogP contribution is 2.30. The minimum Gasteiger partial charge on any atom is -0.486 e. The average Bonchev–Trinajstić information content (AvgIpc) is 2.72. The van der Waals surface area contributed by atoms with Gasteiger partial charge in [-0.3, -0.25) is 4.79 Å². The first-order valence-corrected chi connectivity index (χ1v) is 8.89. The fourth-order valence-corrected chi connectivity index (χ4v) is 3.13. The van der Waals surface area contributed by atoms with E-state index in [1.54, 1.807) is 0 Å². The number of anilines is 1. The number of benzene rings is 2. The highest BCUT2D eigenvalue weighted by molar-refractivity contribution is 5.94. The van der Waals surface area contributed by atoms with E-state index in [9.17, 15) is 4.79 Å². The van der Waals surface area contributed by atoms with Crippen LogP contribution in [0.5, 0.6) is 11.5 Å². The summed E-state index contributed by atoms with van der Waals surface area (Å²) in [6.07, 6.45) is 0. The van der Waals surface area contributed by atoms with Crippen LogP contribution in [0.1, 0.15) is 15.9 Å². The summed E-state index contributed by atoms with van der Waals surface area (Å²) in [6, 6.07) is 13.4. The van der Waals surface area contributed by atoms with Crippen LogP contribution in [0.15, 0.2) is 42.5 Å². The molecule has 0 spiro atoms. The molecule has 0 aromatic heterocycles. The molecule has 4 rings (SSSR count). The van der Waals surface area contributed by atoms with Crippen LogP contribution in [0, 0.1) is 0 Å². The minimum absolute atomic E-state index is 0.0894. The van der Waals surface area contributed by atoms with Crippen molar-refractivity contribution < 1.29 is 19.0 Å². The van der Waals surface area contributed by atoms with Crippen LogP contribution in [0.3, 0.4) is 0 Å². The predicted molar refractivity (Wildman–Crippen MR) is 98.1 cm³/mol. The summed E-state index contributed by atoms with van der Waals surface area (Å²) in [4.78, 5) is 14.7. The molecule has 1 N–H and O–H groups in total. The average molecular weight is 354 g/mol. The van der Waals surface area contributed by atoms with Crippen molar-refractivity contribution in [3.8, 4) is 11.5 Å². The van der Waals surface area contributed by atoms with E-state index in [1.165, 1.54) is 0 Å². The summed E-state index contributed by atoms with van der Waals surface area (Å²) >= 11 is 0. The lowest BCUT2D eigenvalue weighted by molar-refractivity contribution is 0.0950. The first kappa shape index (κ1) is 16.7. The Morgan fingerprint density at radius 2 is 1.65 bits per heavy atom. The van der Waals surface area contributed by atoms with Gasteiger partial charge in [0.1, 0.15) is 13.2 Å². The number of rotatable bonds is 4. The maximum Gasteiger partial charge on any atom is 0.251 e. The number of ether oxygens (including phenoxy) is 3. The molecule has 6 nitrogen and oxygen atoms in total. The van der Waals surface area contributed by atoms with Gasteiger partial charge in [-0.2, -0.15) is 0 Å². The summed E-state index contributed by atoms with van der Waals surface area (Å²) in [5, 5.41) is 2.95. The number of carbonyl (C=O) groups is 1. The quantitative estimate of drug-likeness (QED) is 0.912. The van der Waals surface area contributed by atoms with Crippen LogP contribution in [0.2, 0.25) is 0 Å². The van der Waals surface area contributed by atoms with Gasteiger partial charge in [0, 0.05) is 30.9 Å². The summed E-state index contributed by atoms with van der Waals surface area (Å²) in [6.45, 7) is 4.84. The molecule has 0 saturated carbocycles. The van der Waals surface area contributed by atoms with Gasteiger partial charge in [0.2, 0.25) is 0 Å². The molecule has 6 heteroatoms. The molecule has 0 aliphatic carbocycles. The van der Waals surface area contributed by atoms with Gasteiger partial charge in [-0.25, -0.2) is 0 Å². The van der Waals surface area contributed by atoms with Crippen molar-refractivity contribution in [2.45, 2.75) is 6.54 Å². The molecular weight excluding hydrogens is 332 g/mol. The zero-order chi connectivity index (χ0) is 17.8. The number of hydrogen-bond acceptors (Lipinski definition) is 5. The van der Waals surface area contributed by atoms with E-state index in [0.29, 0.717) is 25.3 Å². The Kier molecular flexibility index (Phi) is 4.93. The van der Waals surface area contributed by atoms with Crippen LogP contribution >= 0.6 is 0 Å². The number of nitrogens with one attached hydrogen (secondary N) is 1. The van der Waals surface area contributed by atoms with Gasteiger partial charge in [-0.05, 0) is 42.0 Å². The summed E-state index contributed by atoms with van der Waals surface area (Å²) < 4.78 is 16.5. The molecule has 1 amide bonds. The fourth-order valence-electron chi connectivity index (χ4n) is 3.13. The number of hydrogen-bond donors (Lipinski definition) is 1. The van der Waals surface area contributed by atoms with Gasteiger partial charge in [-0.1, -0.05) is 6.07 Å². The largest absolute Gasteiger partial charge is 0.486 e. The second kappa shape index (κ2) is 7.66. The zero-order valence-electron chi connectivity index (χ0n) is 14.6. The first-order valence-electron chi connectivity index (χ1n) is 8.89. The Hall–Kier alpha value is -2.73. The second-order valence-corrected chi connectivity index (χ2v) is 6.31. The van der Waals surface area contributed by atoms with Gasteiger partial charge in [0.05, 0.1) is 13.2 Å². The molecule has 2 heterocycles. The van der Waals surface area contributed by atoms with Crippen molar-refractivity contribution in [3.05, 3.63) is 53.6 Å². The van der Waals surface area contributed by atoms with E-state index in [2.05, 4.69) is 10.2 Å². The lowest BCUT2D eigenvalue weighted by atomic mass is 10.1. The molecule has 26 heavy (non-hydrogen) atoms. The number of amides is 1. The second-order valence-electron chi connectivity index (χ2n) is 6.31. The SMILES string of the molecule is O=C(NCc1ccc2c(c1)OCCO2)c1ccc(N2CCOCC2)cc1. The number of nitrogens with zero attached hydrogens (tertiary/aromatic N) is 1. The van der Waals surface area contributed by atoms with Gasteiger partial charge in [0.25, 0.3) is 5.91 Å². The van der Waals surface area contributed by atoms with E-state index in [0.717, 1.165) is 49.1 Å². The van der Waals surface area contributed by atoms with Crippen molar-refractivity contribution in [2.75, 3.05) is 44.4 Å². The molecule has 2 aliphatic rings. The van der Waals surface area contributed by atoms with Crippen molar-refractivity contribution in [2.24, 2.45) is 0 Å². The van der Waals surface area contributed by atoms with E-state index in [4.69, 9.17) is 14.2 Å². The monoisotopic (exact) mass is 354 g/mol. The maximum atomic E-state index is 12.4. The number of fused-ring (bicyclic) bond motifs is 1. The third kappa shape index (κ3) is 3.75. The van der Waals surface area contributed by atoms with Crippen molar-refractivity contribution in [3.63, 3.8) is 0 Å². The Balaban J connectivity index is 1.36. The summed E-state index contributed by atoms with van der Waals surface area (Å²) in [7, 11) is 0. The highest BCUT2D eigenvalue weighted by atomic mass is 16.6. The number of morpholine rings is 1. The van der Waals surface area contributed by atoms with E-state index in [-0.39, 0.29) is 5.91 Å². The maximum absolute atomic E-state index is 12.4. The molecule has 2 aliphatic heterocycles. The van der Waals surface area contributed by atoms with Gasteiger partial charge in [-0.15, -0.1) is 0 Å². The predicted octanol–water partition coefficient (Wildman–Crippen LogP) is 2.22. The molecule has 1 fully saturated rings. The fraction of sp³-hybridized carbons (Fsp3) is 0.350. The standard InChI is InChI=1S/C20H22N2O4/c23-20(16-2-4-17(5-3-16)22-7-9-24-10-8-22)21-14-15-1-6-18-19(13-15)26-12-11-25-18/h1-6,13H,7-12,14H2,(H,21,23). The molecule has 2 aromatic carbocycles. The molecule has 2 aromatic rings. The van der Waals surface area contributed by atoms with E-state index >= 15 is 0 Å². The minimum atomic E-state index is -0.0894. The van der Waals surface area contributed by atoms with Gasteiger partial charge < -0.3 is 24.4 Å². The van der Waals surface area contributed by atoms with E-state index < -0.39 is 0 Å². The highest BCUT2D eigenvalue weighted by Gasteiger charge is 2.14. The third-order valence-corrected chi connectivity index (χ3v) is 4.57. The van der Waals surface area contributed by atoms with Crippen LogP contribution in [-0.4, -0.2) is 45.4 Å². The smallest absolute Gasteiger partial charge is 0.251 e. The Morgan fingerprint density at radius 1 is 0.923 bits per heavy atom. The lowest BCUT2D eigenvalue weighted by Crippen LogP contribution is -2.36. The van der Waals surface area contributed by atoms with Gasteiger partial charge >= 0.3 is 0 Å². The van der Waals surface area contributed by atoms with Crippen molar-refractivity contribution >= 4 is 11.6 Å². The molecule has 0 unspecified atom stereocenters. The van der Waals surface area contributed by atoms with Crippen LogP contribution in [0.25, 0.3) is 0 Å². The van der Waals surface area contributed by atoms with Crippen LogP contribution < -0.4 is 19.7 Å². The topological polar surface area (TPSA) is 60.0 Å². The van der Waals surface area contributed by atoms with Crippen LogP contribution in [-0.2, 0) is 11.3 Å². The molecule has 0 atom stereocenters. The van der Waals surface area contributed by atoms with Crippen LogP contribution in [0.4, 0.5) is 5.69 Å². The Morgan fingerprint density at radius 3 is 2.42 bits per heavy atom. The van der Waals surface area contributed by atoms with E-state index in [1.807, 2.05) is 42.5 Å². The lowest BCUT2D eigenvalue weighted by Gasteiger charge is -2.28. The first-order chi connectivity index (χ1) is 12.8. The van der Waals surface area contributed by atoms with Crippen molar-refractivity contribution in [1.29, 1.82) is 0 Å². The zero-order valence-corrected chi connectivity index (χ0v) is 14.6. The van der Waals surface area contributed by atoms with Crippen molar-refractivity contribution in [1.82, 2.24) is 5.32 Å². The summed E-state index contributed by atoms with van der Waals surface area (Å²) in [5.41, 5.74) is 2.75. The molecule has 0 bridgehead atoms. The molecule has 136 valence electrons. The molecule has 0 radical (unpaired) electrons.